The van der Waals surface area contributed by atoms with Gasteiger partial charge in [0.25, 0.3) is 0 Å². The summed E-state index contributed by atoms with van der Waals surface area (Å²) in [6, 6.07) is 78.2. The van der Waals surface area contributed by atoms with Crippen LogP contribution in [0.1, 0.15) is 22.3 Å². The molecule has 55 heavy (non-hydrogen) atoms. The molecule has 1 aliphatic rings. The number of hydrogen-bond donors (Lipinski definition) is 0. The van der Waals surface area contributed by atoms with E-state index in [1.54, 1.807) is 0 Å². The molecule has 10 rings (SSSR count). The summed E-state index contributed by atoms with van der Waals surface area (Å²) in [6.45, 7) is 0. The van der Waals surface area contributed by atoms with Gasteiger partial charge >= 0.3 is 0 Å². The third-order valence-corrected chi connectivity index (χ3v) is 11.0. The van der Waals surface area contributed by atoms with Gasteiger partial charge in [-0.3, -0.25) is 0 Å². The summed E-state index contributed by atoms with van der Waals surface area (Å²) >= 11 is 0. The predicted molar refractivity (Wildman–Crippen MR) is 227 cm³/mol. The van der Waals surface area contributed by atoms with E-state index in [9.17, 15) is 0 Å². The van der Waals surface area contributed by atoms with Crippen LogP contribution >= 0.6 is 0 Å². The van der Waals surface area contributed by atoms with Crippen LogP contribution < -0.4 is 0 Å². The Hall–Kier alpha value is -7.16. The fraction of sp³-hybridized carbons (Fsp3) is 0.0189. The average Bonchev–Trinajstić information content (AvgIpc) is 3.58. The van der Waals surface area contributed by atoms with E-state index < -0.39 is 5.41 Å². The van der Waals surface area contributed by atoms with Gasteiger partial charge in [0.1, 0.15) is 0 Å². The molecule has 9 aromatic rings. The molecule has 0 fully saturated rings. The lowest BCUT2D eigenvalue weighted by atomic mass is 9.67. The average molecular weight is 701 g/mol. The standard InChI is InChI=1S/C53H36N2/c1-5-16-38(17-6-1)50-36-51(55-52(54-50)40-18-7-2-8-19-40)39-30-28-37(29-31-39)41-20-15-21-42(34-41)43-32-33-49-47(35-43)46-26-13-14-27-48(46)53(49,44-22-9-3-10-23-44)45-24-11-4-12-25-45/h1-36H. The summed E-state index contributed by atoms with van der Waals surface area (Å²) in [5.41, 5.74) is 17.0. The quantitative estimate of drug-likeness (QED) is 0.165. The van der Waals surface area contributed by atoms with Gasteiger partial charge in [-0.25, -0.2) is 9.97 Å². The minimum atomic E-state index is -0.399. The van der Waals surface area contributed by atoms with E-state index in [2.05, 4.69) is 182 Å². The minimum Gasteiger partial charge on any atom is -0.228 e. The van der Waals surface area contributed by atoms with Crippen molar-refractivity contribution in [2.24, 2.45) is 0 Å². The van der Waals surface area contributed by atoms with Gasteiger partial charge in [0.15, 0.2) is 5.82 Å². The Labute approximate surface area is 322 Å². The number of nitrogens with zero attached hydrogens (tertiary/aromatic N) is 2. The monoisotopic (exact) mass is 700 g/mol. The number of fused-ring (bicyclic) bond motifs is 3. The normalized spacial score (nSPS) is 12.5. The van der Waals surface area contributed by atoms with E-state index in [1.165, 1.54) is 50.1 Å². The second-order valence-electron chi connectivity index (χ2n) is 14.1. The molecular weight excluding hydrogens is 665 g/mol. The molecule has 0 atom stereocenters. The highest BCUT2D eigenvalue weighted by Gasteiger charge is 2.45. The van der Waals surface area contributed by atoms with Crippen molar-refractivity contribution < 1.29 is 0 Å². The molecule has 0 saturated carbocycles. The van der Waals surface area contributed by atoms with Crippen molar-refractivity contribution in [1.82, 2.24) is 9.97 Å². The van der Waals surface area contributed by atoms with E-state index in [0.29, 0.717) is 0 Å². The molecule has 0 radical (unpaired) electrons. The maximum Gasteiger partial charge on any atom is 0.160 e. The molecule has 1 aromatic heterocycles. The molecule has 258 valence electrons. The molecule has 0 unspecified atom stereocenters. The Morgan fingerprint density at radius 3 is 1.35 bits per heavy atom. The maximum atomic E-state index is 5.04. The van der Waals surface area contributed by atoms with Crippen LogP contribution in [0.2, 0.25) is 0 Å². The van der Waals surface area contributed by atoms with Gasteiger partial charge in [0.2, 0.25) is 0 Å². The zero-order valence-corrected chi connectivity index (χ0v) is 30.2. The molecule has 1 heterocycles. The van der Waals surface area contributed by atoms with Crippen molar-refractivity contribution in [3.8, 4) is 67.3 Å². The topological polar surface area (TPSA) is 25.8 Å². The fourth-order valence-electron chi connectivity index (χ4n) is 8.41. The largest absolute Gasteiger partial charge is 0.228 e. The Bertz CT molecular complexity index is 2680. The van der Waals surface area contributed by atoms with Gasteiger partial charge < -0.3 is 0 Å². The summed E-state index contributed by atoms with van der Waals surface area (Å²) in [5, 5.41) is 0. The number of rotatable bonds is 7. The number of aromatic nitrogens is 2. The zero-order valence-electron chi connectivity index (χ0n) is 30.2. The van der Waals surface area contributed by atoms with Crippen molar-refractivity contribution >= 4 is 0 Å². The summed E-state index contributed by atoms with van der Waals surface area (Å²) in [4.78, 5) is 10.0. The van der Waals surface area contributed by atoms with Crippen LogP contribution in [0.25, 0.3) is 67.3 Å². The number of hydrogen-bond acceptors (Lipinski definition) is 2. The first-order chi connectivity index (χ1) is 27.3. The predicted octanol–water partition coefficient (Wildman–Crippen LogP) is 13.2. The second kappa shape index (κ2) is 13.7. The smallest absolute Gasteiger partial charge is 0.160 e. The van der Waals surface area contributed by atoms with E-state index in [1.807, 2.05) is 36.4 Å². The van der Waals surface area contributed by atoms with Crippen molar-refractivity contribution in [3.05, 3.63) is 241 Å². The first kappa shape index (κ1) is 32.5. The Kier molecular flexibility index (Phi) is 8.08. The molecule has 0 amide bonds. The molecular formula is C53H36N2. The summed E-state index contributed by atoms with van der Waals surface area (Å²) < 4.78 is 0. The molecule has 0 bridgehead atoms. The SMILES string of the molecule is c1ccc(-c2cc(-c3ccc(-c4cccc(-c5ccc6c(c5)-c5ccccc5C6(c5ccccc5)c5ccccc5)c4)cc3)nc(-c3ccccc3)n2)cc1. The van der Waals surface area contributed by atoms with E-state index in [4.69, 9.17) is 9.97 Å². The Morgan fingerprint density at radius 1 is 0.273 bits per heavy atom. The van der Waals surface area contributed by atoms with Crippen LogP contribution in [-0.2, 0) is 5.41 Å². The highest BCUT2D eigenvalue weighted by atomic mass is 14.9. The third-order valence-electron chi connectivity index (χ3n) is 11.0. The highest BCUT2D eigenvalue weighted by Crippen LogP contribution is 2.56. The van der Waals surface area contributed by atoms with Gasteiger partial charge in [-0.1, -0.05) is 200 Å². The van der Waals surface area contributed by atoms with Crippen LogP contribution in [-0.4, -0.2) is 9.97 Å². The van der Waals surface area contributed by atoms with Gasteiger partial charge in [-0.15, -0.1) is 0 Å². The van der Waals surface area contributed by atoms with Crippen LogP contribution in [0.5, 0.6) is 0 Å². The Morgan fingerprint density at radius 2 is 0.709 bits per heavy atom. The van der Waals surface area contributed by atoms with Crippen molar-refractivity contribution in [3.63, 3.8) is 0 Å². The molecule has 1 aliphatic carbocycles. The molecule has 8 aromatic carbocycles. The highest BCUT2D eigenvalue weighted by molar-refractivity contribution is 5.89. The van der Waals surface area contributed by atoms with Gasteiger partial charge in [0.05, 0.1) is 16.8 Å². The van der Waals surface area contributed by atoms with Crippen molar-refractivity contribution in [1.29, 1.82) is 0 Å². The van der Waals surface area contributed by atoms with Crippen LogP contribution in [0.3, 0.4) is 0 Å². The molecule has 2 nitrogen and oxygen atoms in total. The molecule has 0 N–H and O–H groups in total. The fourth-order valence-corrected chi connectivity index (χ4v) is 8.41. The van der Waals surface area contributed by atoms with Crippen molar-refractivity contribution in [2.75, 3.05) is 0 Å². The summed E-state index contributed by atoms with van der Waals surface area (Å²) in [7, 11) is 0. The van der Waals surface area contributed by atoms with E-state index in [-0.39, 0.29) is 0 Å². The van der Waals surface area contributed by atoms with Crippen LogP contribution in [0.4, 0.5) is 0 Å². The summed E-state index contributed by atoms with van der Waals surface area (Å²) in [6.07, 6.45) is 0. The second-order valence-corrected chi connectivity index (χ2v) is 14.1. The number of benzene rings is 8. The molecule has 0 spiro atoms. The van der Waals surface area contributed by atoms with Gasteiger partial charge in [-0.05, 0) is 73.8 Å². The molecule has 0 saturated heterocycles. The minimum absolute atomic E-state index is 0.399. The lowest BCUT2D eigenvalue weighted by molar-refractivity contribution is 0.768. The van der Waals surface area contributed by atoms with Crippen LogP contribution in [0.15, 0.2) is 218 Å². The Balaban J connectivity index is 1.02. The lowest BCUT2D eigenvalue weighted by Gasteiger charge is -2.33. The lowest BCUT2D eigenvalue weighted by Crippen LogP contribution is -2.28. The van der Waals surface area contributed by atoms with Gasteiger partial charge in [0, 0.05) is 16.7 Å². The van der Waals surface area contributed by atoms with E-state index in [0.717, 1.165) is 39.5 Å². The molecule has 0 aliphatic heterocycles. The van der Waals surface area contributed by atoms with Crippen LogP contribution in [0, 0.1) is 0 Å². The van der Waals surface area contributed by atoms with Crippen molar-refractivity contribution in [2.45, 2.75) is 5.41 Å². The molecule has 2 heteroatoms. The summed E-state index contributed by atoms with van der Waals surface area (Å²) in [5.74, 6) is 0.718. The van der Waals surface area contributed by atoms with E-state index >= 15 is 0 Å². The van der Waals surface area contributed by atoms with Gasteiger partial charge in [-0.2, -0.15) is 0 Å². The zero-order chi connectivity index (χ0) is 36.6. The first-order valence-electron chi connectivity index (χ1n) is 18.8. The third kappa shape index (κ3) is 5.67. The first-order valence-corrected chi connectivity index (χ1v) is 18.8. The maximum absolute atomic E-state index is 5.04.